The molecule has 3 heterocycles. The number of rotatable bonds is 2. The number of fused-ring (bicyclic) bond motifs is 2. The van der Waals surface area contributed by atoms with E-state index in [1.54, 1.807) is 0 Å². The van der Waals surface area contributed by atoms with Crippen LogP contribution in [0.5, 0.6) is 5.88 Å². The zero-order valence-corrected chi connectivity index (χ0v) is 15.5. The van der Waals surface area contributed by atoms with E-state index in [0.717, 1.165) is 21.1 Å². The first-order valence-corrected chi connectivity index (χ1v) is 8.72. The SMILES string of the molecule is CC(C)c1[nH]nc2oc(=N)c(C#N)c(-c3c(O)[nH]c4ccc(Br)cc34)c12. The number of aromatic amines is 2. The van der Waals surface area contributed by atoms with Gasteiger partial charge in [-0.25, -0.2) is 0 Å². The second kappa shape index (κ2) is 5.75. The Morgan fingerprint density at radius 1 is 1.35 bits per heavy atom. The molecule has 0 aliphatic rings. The molecule has 4 rings (SSSR count). The number of nitrogens with one attached hydrogen (secondary N) is 3. The first-order valence-electron chi connectivity index (χ1n) is 7.92. The minimum absolute atomic E-state index is 0.0528. The maximum absolute atomic E-state index is 10.6. The van der Waals surface area contributed by atoms with Crippen molar-refractivity contribution in [3.05, 3.63) is 39.5 Å². The van der Waals surface area contributed by atoms with Gasteiger partial charge in [0, 0.05) is 26.6 Å². The summed E-state index contributed by atoms with van der Waals surface area (Å²) < 4.78 is 6.27. The number of halogens is 1. The van der Waals surface area contributed by atoms with Crippen molar-refractivity contribution in [2.45, 2.75) is 19.8 Å². The maximum Gasteiger partial charge on any atom is 0.248 e. The van der Waals surface area contributed by atoms with Crippen LogP contribution in [-0.4, -0.2) is 20.3 Å². The van der Waals surface area contributed by atoms with E-state index < -0.39 is 0 Å². The van der Waals surface area contributed by atoms with Gasteiger partial charge in [-0.3, -0.25) is 10.5 Å². The number of aromatic hydroxyl groups is 1. The van der Waals surface area contributed by atoms with Crippen molar-refractivity contribution in [2.75, 3.05) is 0 Å². The summed E-state index contributed by atoms with van der Waals surface area (Å²) in [5.41, 5.74) is 2.39. The van der Waals surface area contributed by atoms with Gasteiger partial charge < -0.3 is 14.5 Å². The van der Waals surface area contributed by atoms with Gasteiger partial charge in [-0.05, 0) is 24.1 Å². The van der Waals surface area contributed by atoms with E-state index in [1.807, 2.05) is 38.1 Å². The van der Waals surface area contributed by atoms with Crippen LogP contribution in [0.1, 0.15) is 31.0 Å². The van der Waals surface area contributed by atoms with Crippen LogP contribution in [0, 0.1) is 16.7 Å². The van der Waals surface area contributed by atoms with Crippen LogP contribution in [0.3, 0.4) is 0 Å². The first kappa shape index (κ1) is 16.4. The Labute approximate surface area is 155 Å². The van der Waals surface area contributed by atoms with Crippen LogP contribution < -0.4 is 5.55 Å². The van der Waals surface area contributed by atoms with Crippen LogP contribution in [0.4, 0.5) is 0 Å². The molecule has 7 nitrogen and oxygen atoms in total. The molecule has 0 bridgehead atoms. The van der Waals surface area contributed by atoms with Gasteiger partial charge in [-0.1, -0.05) is 29.8 Å². The summed E-state index contributed by atoms with van der Waals surface area (Å²) in [6.07, 6.45) is 0. The highest BCUT2D eigenvalue weighted by Crippen LogP contribution is 2.43. The molecule has 0 amide bonds. The first-order chi connectivity index (χ1) is 12.4. The Hall–Kier alpha value is -3.05. The third-order valence-corrected chi connectivity index (χ3v) is 4.86. The van der Waals surface area contributed by atoms with Gasteiger partial charge in [0.1, 0.15) is 11.6 Å². The third kappa shape index (κ3) is 2.24. The largest absolute Gasteiger partial charge is 0.494 e. The summed E-state index contributed by atoms with van der Waals surface area (Å²) in [4.78, 5) is 2.93. The van der Waals surface area contributed by atoms with E-state index in [4.69, 9.17) is 9.83 Å². The molecule has 1 aromatic carbocycles. The fourth-order valence-electron chi connectivity index (χ4n) is 3.22. The molecule has 0 radical (unpaired) electrons. The number of nitrogens with zero attached hydrogens (tertiary/aromatic N) is 2. The van der Waals surface area contributed by atoms with Crippen LogP contribution in [0.25, 0.3) is 33.1 Å². The lowest BCUT2D eigenvalue weighted by atomic mass is 9.94. The van der Waals surface area contributed by atoms with Crippen LogP contribution in [-0.2, 0) is 0 Å². The minimum atomic E-state index is -0.291. The van der Waals surface area contributed by atoms with Crippen molar-refractivity contribution < 1.29 is 9.52 Å². The lowest BCUT2D eigenvalue weighted by Gasteiger charge is -2.09. The predicted molar refractivity (Wildman–Crippen MR) is 99.7 cm³/mol. The van der Waals surface area contributed by atoms with Gasteiger partial charge in [0.15, 0.2) is 5.88 Å². The van der Waals surface area contributed by atoms with Gasteiger partial charge in [-0.2, -0.15) is 5.26 Å². The summed E-state index contributed by atoms with van der Waals surface area (Å²) in [6, 6.07) is 7.60. The van der Waals surface area contributed by atoms with Crippen molar-refractivity contribution in [3.63, 3.8) is 0 Å². The van der Waals surface area contributed by atoms with Crippen molar-refractivity contribution in [2.24, 2.45) is 0 Å². The highest BCUT2D eigenvalue weighted by molar-refractivity contribution is 9.10. The molecular weight excluding hydrogens is 398 g/mol. The Morgan fingerprint density at radius 3 is 2.81 bits per heavy atom. The monoisotopic (exact) mass is 411 g/mol. The molecule has 0 fully saturated rings. The zero-order valence-electron chi connectivity index (χ0n) is 13.9. The van der Waals surface area contributed by atoms with E-state index in [9.17, 15) is 10.4 Å². The molecule has 0 saturated heterocycles. The fraction of sp³-hybridized carbons (Fsp3) is 0.167. The quantitative estimate of drug-likeness (QED) is 0.393. The molecule has 0 saturated carbocycles. The van der Waals surface area contributed by atoms with E-state index in [1.165, 1.54) is 0 Å². The molecule has 0 aliphatic heterocycles. The predicted octanol–water partition coefficient (Wildman–Crippen LogP) is 4.25. The topological polar surface area (TPSA) is 125 Å². The molecule has 4 N–H and O–H groups in total. The van der Waals surface area contributed by atoms with Crippen molar-refractivity contribution in [1.82, 2.24) is 15.2 Å². The normalized spacial score (nSPS) is 11.5. The molecule has 26 heavy (non-hydrogen) atoms. The summed E-state index contributed by atoms with van der Waals surface area (Å²) >= 11 is 3.44. The number of nitriles is 1. The van der Waals surface area contributed by atoms with Crippen molar-refractivity contribution in [3.8, 4) is 23.1 Å². The number of H-pyrrole nitrogens is 2. The molecule has 4 aromatic rings. The maximum atomic E-state index is 10.6. The Morgan fingerprint density at radius 2 is 2.12 bits per heavy atom. The molecule has 0 aliphatic carbocycles. The van der Waals surface area contributed by atoms with Gasteiger partial charge in [-0.15, -0.1) is 5.10 Å². The average Bonchev–Trinajstić information content (AvgIpc) is 3.14. The summed E-state index contributed by atoms with van der Waals surface area (Å²) in [6.45, 7) is 3.98. The van der Waals surface area contributed by atoms with Gasteiger partial charge >= 0.3 is 0 Å². The smallest absolute Gasteiger partial charge is 0.248 e. The Kier molecular flexibility index (Phi) is 3.63. The second-order valence-corrected chi connectivity index (χ2v) is 7.22. The zero-order chi connectivity index (χ0) is 18.6. The Balaban J connectivity index is 2.27. The number of aromatic nitrogens is 3. The van der Waals surface area contributed by atoms with E-state index in [0.29, 0.717) is 16.5 Å². The lowest BCUT2D eigenvalue weighted by Crippen LogP contribution is -2.07. The van der Waals surface area contributed by atoms with E-state index in [2.05, 4.69) is 31.1 Å². The standard InChI is InChI=1S/C18H14BrN5O2/c1-7(2)15-14-12(10(6-20)16(21)26-18(14)24-23-15)13-9-5-8(19)3-4-11(9)22-17(13)25/h3-5,7,21-22,25H,1-2H3,(H,23,24). The van der Waals surface area contributed by atoms with Gasteiger partial charge in [0.2, 0.25) is 11.3 Å². The molecule has 130 valence electrons. The highest BCUT2D eigenvalue weighted by Gasteiger charge is 2.25. The summed E-state index contributed by atoms with van der Waals surface area (Å²) in [5.74, 6) is 0.00793. The van der Waals surface area contributed by atoms with Crippen LogP contribution in [0.15, 0.2) is 27.1 Å². The Bertz CT molecular complexity index is 1270. The molecule has 0 unspecified atom stereocenters. The van der Waals surface area contributed by atoms with E-state index >= 15 is 0 Å². The van der Waals surface area contributed by atoms with Crippen molar-refractivity contribution in [1.29, 1.82) is 10.7 Å². The number of benzene rings is 1. The fourth-order valence-corrected chi connectivity index (χ4v) is 3.58. The van der Waals surface area contributed by atoms with Crippen LogP contribution in [0.2, 0.25) is 0 Å². The van der Waals surface area contributed by atoms with E-state index in [-0.39, 0.29) is 28.6 Å². The van der Waals surface area contributed by atoms with Gasteiger partial charge in [0.05, 0.1) is 10.9 Å². The molecule has 3 aromatic heterocycles. The van der Waals surface area contributed by atoms with Crippen molar-refractivity contribution >= 4 is 37.9 Å². The van der Waals surface area contributed by atoms with Gasteiger partial charge in [0.25, 0.3) is 0 Å². The molecule has 0 atom stereocenters. The lowest BCUT2D eigenvalue weighted by molar-refractivity contribution is 0.460. The number of hydrogen-bond acceptors (Lipinski definition) is 5. The summed E-state index contributed by atoms with van der Waals surface area (Å²) in [5, 5.41) is 36.8. The summed E-state index contributed by atoms with van der Waals surface area (Å²) in [7, 11) is 0. The molecule has 0 spiro atoms. The second-order valence-electron chi connectivity index (χ2n) is 6.30. The third-order valence-electron chi connectivity index (χ3n) is 4.37. The molecular formula is C18H14BrN5O2. The average molecular weight is 412 g/mol. The van der Waals surface area contributed by atoms with Crippen LogP contribution >= 0.6 is 15.9 Å². The molecule has 8 heteroatoms. The number of hydrogen-bond donors (Lipinski definition) is 4. The minimum Gasteiger partial charge on any atom is -0.494 e. The highest BCUT2D eigenvalue weighted by atomic mass is 79.9.